The Morgan fingerprint density at radius 3 is 2.80 bits per heavy atom. The molecule has 1 atom stereocenters. The number of anilines is 2. The summed E-state index contributed by atoms with van der Waals surface area (Å²) in [5.41, 5.74) is 3.26. The second-order valence-corrected chi connectivity index (χ2v) is 7.21. The van der Waals surface area contributed by atoms with Crippen LogP contribution < -0.4 is 15.4 Å². The fourth-order valence-corrected chi connectivity index (χ4v) is 3.27. The number of carbonyl (C=O) groups excluding carboxylic acids is 1. The van der Waals surface area contributed by atoms with Crippen LogP contribution in [0.2, 0.25) is 0 Å². The van der Waals surface area contributed by atoms with Crippen molar-refractivity contribution in [1.82, 2.24) is 15.3 Å². The minimum Gasteiger partial charge on any atom is -0.461 e. The van der Waals surface area contributed by atoms with Gasteiger partial charge in [0.15, 0.2) is 0 Å². The second kappa shape index (κ2) is 8.41. The Morgan fingerprint density at radius 1 is 1.27 bits per heavy atom. The molecule has 7 heteroatoms. The lowest BCUT2D eigenvalue weighted by Crippen LogP contribution is -2.19. The molecule has 0 aliphatic heterocycles. The second-order valence-electron chi connectivity index (χ2n) is 7.21. The molecule has 4 rings (SSSR count). The van der Waals surface area contributed by atoms with Gasteiger partial charge in [-0.15, -0.1) is 0 Å². The number of rotatable bonds is 6. The molecule has 0 bridgehead atoms. The van der Waals surface area contributed by atoms with E-state index >= 15 is 0 Å². The average Bonchev–Trinajstić information content (AvgIpc) is 3.15. The fraction of sp³-hybridized carbons (Fsp3) is 0.261. The standard InChI is InChI=1S/C23H24N4O3/c1-4-15-5-7-16(8-6-15)26-23-27-18-13-20(14(2)11-21(18)30-23)29-17-9-10-25-19(12-17)22(28)24-3/h5-10,12-14H,4,11H2,1-3H3,(H,24,28)(H,26,27). The summed E-state index contributed by atoms with van der Waals surface area (Å²) in [5, 5.41) is 5.78. The van der Waals surface area contributed by atoms with Crippen LogP contribution in [0.15, 0.2) is 52.8 Å². The van der Waals surface area contributed by atoms with Gasteiger partial charge in [-0.25, -0.2) is 0 Å². The van der Waals surface area contributed by atoms with Crippen LogP contribution in [-0.2, 0) is 12.8 Å². The lowest BCUT2D eigenvalue weighted by atomic mass is 9.97. The van der Waals surface area contributed by atoms with E-state index in [0.717, 1.165) is 29.3 Å². The third kappa shape index (κ3) is 4.20. The molecule has 2 N–H and O–H groups in total. The van der Waals surface area contributed by atoms with Crippen molar-refractivity contribution in [2.45, 2.75) is 26.7 Å². The molecule has 3 aromatic rings. The molecule has 0 saturated carbocycles. The zero-order chi connectivity index (χ0) is 21.1. The topological polar surface area (TPSA) is 89.3 Å². The average molecular weight is 404 g/mol. The number of fused-ring (bicyclic) bond motifs is 1. The fourth-order valence-electron chi connectivity index (χ4n) is 3.27. The third-order valence-corrected chi connectivity index (χ3v) is 5.02. The predicted octanol–water partition coefficient (Wildman–Crippen LogP) is 4.35. The lowest BCUT2D eigenvalue weighted by Gasteiger charge is -2.19. The summed E-state index contributed by atoms with van der Waals surface area (Å²) in [6, 6.07) is 12.0. The van der Waals surface area contributed by atoms with Crippen LogP contribution in [0.4, 0.5) is 11.7 Å². The molecule has 0 fully saturated rings. The summed E-state index contributed by atoms with van der Waals surface area (Å²) in [6.07, 6.45) is 5.12. The number of carbonyl (C=O) groups is 1. The summed E-state index contributed by atoms with van der Waals surface area (Å²) in [4.78, 5) is 20.4. The van der Waals surface area contributed by atoms with E-state index in [9.17, 15) is 4.79 Å². The van der Waals surface area contributed by atoms with Crippen molar-refractivity contribution in [1.29, 1.82) is 0 Å². The van der Waals surface area contributed by atoms with Crippen LogP contribution in [0.5, 0.6) is 5.75 Å². The van der Waals surface area contributed by atoms with E-state index in [2.05, 4.69) is 46.6 Å². The number of hydrogen-bond donors (Lipinski definition) is 2. The highest BCUT2D eigenvalue weighted by atomic mass is 16.5. The first kappa shape index (κ1) is 19.7. The number of ether oxygens (including phenoxy) is 1. The SMILES string of the molecule is CCc1ccc(Nc2nc3c(o2)CC(C)C(Oc2ccnc(C(=O)NC)c2)=C3)cc1. The van der Waals surface area contributed by atoms with Crippen molar-refractivity contribution in [3.63, 3.8) is 0 Å². The van der Waals surface area contributed by atoms with Gasteiger partial charge in [-0.3, -0.25) is 9.78 Å². The largest absolute Gasteiger partial charge is 0.461 e. The molecule has 0 radical (unpaired) electrons. The van der Waals surface area contributed by atoms with E-state index < -0.39 is 0 Å². The normalized spacial score (nSPS) is 15.2. The van der Waals surface area contributed by atoms with Crippen molar-refractivity contribution >= 4 is 23.7 Å². The van der Waals surface area contributed by atoms with Gasteiger partial charge in [0.25, 0.3) is 11.9 Å². The molecular weight excluding hydrogens is 380 g/mol. The van der Waals surface area contributed by atoms with E-state index in [1.54, 1.807) is 25.4 Å². The number of hydrogen-bond acceptors (Lipinski definition) is 6. The number of aryl methyl sites for hydroxylation is 1. The van der Waals surface area contributed by atoms with E-state index in [1.165, 1.54) is 5.56 Å². The van der Waals surface area contributed by atoms with Gasteiger partial charge in [-0.2, -0.15) is 4.98 Å². The lowest BCUT2D eigenvalue weighted by molar-refractivity contribution is 0.0957. The van der Waals surface area contributed by atoms with Crippen molar-refractivity contribution in [2.24, 2.45) is 5.92 Å². The maximum Gasteiger partial charge on any atom is 0.299 e. The van der Waals surface area contributed by atoms with Crippen molar-refractivity contribution in [2.75, 3.05) is 12.4 Å². The van der Waals surface area contributed by atoms with Gasteiger partial charge in [-0.05, 0) is 30.2 Å². The number of nitrogens with one attached hydrogen (secondary N) is 2. The Kier molecular flexibility index (Phi) is 5.52. The first-order valence-electron chi connectivity index (χ1n) is 9.99. The summed E-state index contributed by atoms with van der Waals surface area (Å²) in [5.74, 6) is 2.00. The molecule has 1 aromatic carbocycles. The predicted molar refractivity (Wildman–Crippen MR) is 115 cm³/mol. The Hall–Kier alpha value is -3.61. The molecule has 154 valence electrons. The molecule has 2 heterocycles. The van der Waals surface area contributed by atoms with Crippen molar-refractivity contribution in [3.05, 3.63) is 71.1 Å². The van der Waals surface area contributed by atoms with Crippen LogP contribution >= 0.6 is 0 Å². The number of allylic oxidation sites excluding steroid dienone is 1. The number of aromatic nitrogens is 2. The number of nitrogens with zero attached hydrogens (tertiary/aromatic N) is 2. The number of amides is 1. The zero-order valence-electron chi connectivity index (χ0n) is 17.2. The first-order chi connectivity index (χ1) is 14.6. The van der Waals surface area contributed by atoms with Crippen molar-refractivity contribution in [3.8, 4) is 5.75 Å². The minimum atomic E-state index is -0.257. The third-order valence-electron chi connectivity index (χ3n) is 5.02. The van der Waals surface area contributed by atoms with Crippen molar-refractivity contribution < 1.29 is 13.9 Å². The van der Waals surface area contributed by atoms with Gasteiger partial charge in [0, 0.05) is 43.4 Å². The highest BCUT2D eigenvalue weighted by molar-refractivity contribution is 5.92. The highest BCUT2D eigenvalue weighted by Gasteiger charge is 2.25. The van der Waals surface area contributed by atoms with E-state index in [0.29, 0.717) is 23.9 Å². The first-order valence-corrected chi connectivity index (χ1v) is 9.99. The summed E-state index contributed by atoms with van der Waals surface area (Å²) in [6.45, 7) is 4.19. The zero-order valence-corrected chi connectivity index (χ0v) is 17.2. The highest BCUT2D eigenvalue weighted by Crippen LogP contribution is 2.32. The Balaban J connectivity index is 1.52. The van der Waals surface area contributed by atoms with Gasteiger partial charge in [0.1, 0.15) is 28.7 Å². The van der Waals surface area contributed by atoms with E-state index in [4.69, 9.17) is 9.15 Å². The van der Waals surface area contributed by atoms with Gasteiger partial charge in [-0.1, -0.05) is 26.0 Å². The summed E-state index contributed by atoms with van der Waals surface area (Å²) in [7, 11) is 1.57. The quantitative estimate of drug-likeness (QED) is 0.635. The van der Waals surface area contributed by atoms with Gasteiger partial charge in [0.05, 0.1) is 0 Å². The molecule has 1 unspecified atom stereocenters. The van der Waals surface area contributed by atoms with Crippen LogP contribution in [0.25, 0.3) is 6.08 Å². The number of oxazole rings is 1. The maximum atomic E-state index is 11.8. The van der Waals surface area contributed by atoms with E-state index in [1.807, 2.05) is 18.2 Å². The molecule has 2 aromatic heterocycles. The van der Waals surface area contributed by atoms with Gasteiger partial charge >= 0.3 is 0 Å². The molecule has 1 aliphatic carbocycles. The smallest absolute Gasteiger partial charge is 0.299 e. The number of pyridine rings is 1. The number of benzene rings is 1. The van der Waals surface area contributed by atoms with Gasteiger partial charge < -0.3 is 19.8 Å². The summed E-state index contributed by atoms with van der Waals surface area (Å²) < 4.78 is 12.0. The maximum absolute atomic E-state index is 11.8. The molecule has 7 nitrogen and oxygen atoms in total. The van der Waals surface area contributed by atoms with E-state index in [-0.39, 0.29) is 11.8 Å². The monoisotopic (exact) mass is 404 g/mol. The van der Waals surface area contributed by atoms with Crippen LogP contribution in [0, 0.1) is 5.92 Å². The Bertz CT molecular complexity index is 1090. The molecule has 0 saturated heterocycles. The molecule has 1 amide bonds. The minimum absolute atomic E-state index is 0.110. The molecule has 1 aliphatic rings. The Labute approximate surface area is 175 Å². The van der Waals surface area contributed by atoms with Crippen LogP contribution in [0.1, 0.15) is 41.4 Å². The summed E-state index contributed by atoms with van der Waals surface area (Å²) >= 11 is 0. The van der Waals surface area contributed by atoms with Gasteiger partial charge in [0.2, 0.25) is 0 Å². The molecule has 0 spiro atoms. The van der Waals surface area contributed by atoms with Crippen LogP contribution in [-0.4, -0.2) is 22.9 Å². The van der Waals surface area contributed by atoms with Crippen LogP contribution in [0.3, 0.4) is 0 Å². The molecule has 30 heavy (non-hydrogen) atoms. The molecular formula is C23H24N4O3. The Morgan fingerprint density at radius 2 is 2.07 bits per heavy atom.